The first-order chi connectivity index (χ1) is 13.6. The van der Waals surface area contributed by atoms with Gasteiger partial charge in [0, 0.05) is 16.6 Å². The average molecular weight is 405 g/mol. The number of nitrogens with zero attached hydrogens (tertiary/aromatic N) is 1. The summed E-state index contributed by atoms with van der Waals surface area (Å²) in [7, 11) is 1.49. The minimum atomic E-state index is -4.84. The van der Waals surface area contributed by atoms with Gasteiger partial charge in [-0.3, -0.25) is 5.10 Å². The van der Waals surface area contributed by atoms with Crippen LogP contribution in [0.2, 0.25) is 0 Å². The maximum Gasteiger partial charge on any atom is 0.419 e. The van der Waals surface area contributed by atoms with Crippen molar-refractivity contribution in [2.45, 2.75) is 43.5 Å². The van der Waals surface area contributed by atoms with Gasteiger partial charge < -0.3 is 15.2 Å². The number of aliphatic hydroxyl groups is 1. The summed E-state index contributed by atoms with van der Waals surface area (Å²) in [5.74, 6) is 0.505. The number of methoxy groups -OCH3 is 1. The molecule has 0 spiro atoms. The van der Waals surface area contributed by atoms with Crippen LogP contribution in [0.15, 0.2) is 42.6 Å². The van der Waals surface area contributed by atoms with E-state index in [0.29, 0.717) is 33.5 Å². The van der Waals surface area contributed by atoms with Crippen LogP contribution >= 0.6 is 0 Å². The number of anilines is 1. The maximum absolute atomic E-state index is 14.2. The van der Waals surface area contributed by atoms with Gasteiger partial charge in [0.25, 0.3) is 0 Å². The van der Waals surface area contributed by atoms with Crippen LogP contribution in [0.3, 0.4) is 0 Å². The van der Waals surface area contributed by atoms with Crippen molar-refractivity contribution in [3.05, 3.63) is 53.7 Å². The van der Waals surface area contributed by atoms with Gasteiger partial charge in [-0.1, -0.05) is 32.0 Å². The summed E-state index contributed by atoms with van der Waals surface area (Å²) < 4.78 is 48.1. The Hall–Kier alpha value is -2.74. The number of fused-ring (bicyclic) bond motifs is 2. The molecule has 154 valence electrons. The second-order valence-electron chi connectivity index (χ2n) is 8.12. The summed E-state index contributed by atoms with van der Waals surface area (Å²) in [6.45, 7) is 3.39. The van der Waals surface area contributed by atoms with E-state index < -0.39 is 29.7 Å². The number of halogens is 3. The molecule has 0 saturated heterocycles. The molecule has 2 aromatic carbocycles. The van der Waals surface area contributed by atoms with Gasteiger partial charge in [0.05, 0.1) is 24.9 Å². The zero-order chi connectivity index (χ0) is 21.0. The number of hydrogen-bond donors (Lipinski definition) is 3. The Bertz CT molecular complexity index is 1060. The SMILES string of the molecule is COc1cccc2c1C(C)(C)CC(O)(C(F)(F)F)C2Nc1cccc2[nH]ncc12. The Kier molecular flexibility index (Phi) is 4.31. The molecule has 0 bridgehead atoms. The number of alkyl halides is 3. The van der Waals surface area contributed by atoms with E-state index in [0.717, 1.165) is 0 Å². The molecule has 8 heteroatoms. The Labute approximate surface area is 165 Å². The van der Waals surface area contributed by atoms with Crippen LogP contribution in [0.25, 0.3) is 10.9 Å². The lowest BCUT2D eigenvalue weighted by Crippen LogP contribution is -2.58. The highest BCUT2D eigenvalue weighted by Crippen LogP contribution is 2.56. The third-order valence-electron chi connectivity index (χ3n) is 5.73. The van der Waals surface area contributed by atoms with Crippen molar-refractivity contribution < 1.29 is 23.0 Å². The fourth-order valence-electron chi connectivity index (χ4n) is 4.52. The molecule has 1 aromatic heterocycles. The monoisotopic (exact) mass is 405 g/mol. The van der Waals surface area contributed by atoms with Gasteiger partial charge in [0.2, 0.25) is 0 Å². The van der Waals surface area contributed by atoms with Crippen molar-refractivity contribution >= 4 is 16.6 Å². The van der Waals surface area contributed by atoms with Crippen LogP contribution in [-0.4, -0.2) is 34.2 Å². The van der Waals surface area contributed by atoms with E-state index in [9.17, 15) is 18.3 Å². The highest BCUT2D eigenvalue weighted by Gasteiger charge is 2.64. The molecule has 2 atom stereocenters. The van der Waals surface area contributed by atoms with E-state index in [-0.39, 0.29) is 0 Å². The normalized spacial score (nSPS) is 23.6. The highest BCUT2D eigenvalue weighted by atomic mass is 19.4. The molecule has 29 heavy (non-hydrogen) atoms. The molecule has 0 amide bonds. The van der Waals surface area contributed by atoms with E-state index >= 15 is 0 Å². The van der Waals surface area contributed by atoms with Gasteiger partial charge in [-0.2, -0.15) is 18.3 Å². The number of hydrogen-bond acceptors (Lipinski definition) is 4. The van der Waals surface area contributed by atoms with Crippen molar-refractivity contribution in [3.8, 4) is 5.75 Å². The summed E-state index contributed by atoms with van der Waals surface area (Å²) in [5, 5.41) is 21.4. The van der Waals surface area contributed by atoms with Crippen LogP contribution in [0.5, 0.6) is 5.75 Å². The van der Waals surface area contributed by atoms with Crippen molar-refractivity contribution in [2.75, 3.05) is 12.4 Å². The van der Waals surface area contributed by atoms with Crippen molar-refractivity contribution in [1.29, 1.82) is 0 Å². The summed E-state index contributed by atoms with van der Waals surface area (Å²) in [4.78, 5) is 0. The number of aromatic nitrogens is 2. The lowest BCUT2D eigenvalue weighted by molar-refractivity contribution is -0.275. The molecule has 1 aliphatic carbocycles. The van der Waals surface area contributed by atoms with Crippen LogP contribution < -0.4 is 10.1 Å². The fourth-order valence-corrected chi connectivity index (χ4v) is 4.52. The van der Waals surface area contributed by atoms with Gasteiger partial charge in [-0.05, 0) is 35.6 Å². The molecular weight excluding hydrogens is 383 g/mol. The Morgan fingerprint density at radius 3 is 2.62 bits per heavy atom. The number of H-pyrrole nitrogens is 1. The molecular formula is C21H22F3N3O2. The van der Waals surface area contributed by atoms with Gasteiger partial charge in [-0.25, -0.2) is 0 Å². The molecule has 2 unspecified atom stereocenters. The molecule has 0 saturated carbocycles. The van der Waals surface area contributed by atoms with Crippen molar-refractivity contribution in [1.82, 2.24) is 10.2 Å². The molecule has 0 fully saturated rings. The molecule has 1 aliphatic rings. The second kappa shape index (κ2) is 6.38. The van der Waals surface area contributed by atoms with Gasteiger partial charge in [0.1, 0.15) is 5.75 Å². The summed E-state index contributed by atoms with van der Waals surface area (Å²) in [6.07, 6.45) is -3.80. The van der Waals surface area contributed by atoms with E-state index in [4.69, 9.17) is 4.74 Å². The first-order valence-corrected chi connectivity index (χ1v) is 9.23. The molecule has 5 nitrogen and oxygen atoms in total. The predicted octanol–water partition coefficient (Wildman–Crippen LogP) is 4.70. The largest absolute Gasteiger partial charge is 0.496 e. The molecule has 0 radical (unpaired) electrons. The number of aromatic amines is 1. The minimum absolute atomic E-state index is 0.362. The number of rotatable bonds is 3. The second-order valence-corrected chi connectivity index (χ2v) is 8.12. The maximum atomic E-state index is 14.2. The van der Waals surface area contributed by atoms with Crippen LogP contribution in [0, 0.1) is 0 Å². The van der Waals surface area contributed by atoms with Crippen LogP contribution in [0.1, 0.15) is 37.4 Å². The highest BCUT2D eigenvalue weighted by molar-refractivity contribution is 5.91. The minimum Gasteiger partial charge on any atom is -0.496 e. The Morgan fingerprint density at radius 1 is 1.21 bits per heavy atom. The van der Waals surface area contributed by atoms with E-state index in [1.165, 1.54) is 7.11 Å². The molecule has 4 rings (SSSR count). The predicted molar refractivity (Wildman–Crippen MR) is 104 cm³/mol. The summed E-state index contributed by atoms with van der Waals surface area (Å²) in [6, 6.07) is 8.74. The standard InChI is InChI=1S/C21H22F3N3O2/c1-19(2)11-20(28,21(22,23)24)18(12-6-4-9-16(29-3)17(12)19)26-14-7-5-8-15-13(14)10-25-27-15/h4-10,18,26,28H,11H2,1-3H3,(H,25,27). The zero-order valence-corrected chi connectivity index (χ0v) is 16.3. The number of nitrogens with one attached hydrogen (secondary N) is 2. The Morgan fingerprint density at radius 2 is 1.93 bits per heavy atom. The summed E-state index contributed by atoms with van der Waals surface area (Å²) >= 11 is 0. The quantitative estimate of drug-likeness (QED) is 0.591. The zero-order valence-electron chi connectivity index (χ0n) is 16.3. The van der Waals surface area contributed by atoms with Gasteiger partial charge >= 0.3 is 6.18 Å². The first kappa shape index (κ1) is 19.6. The topological polar surface area (TPSA) is 70.2 Å². The van der Waals surface area contributed by atoms with E-state index in [1.807, 2.05) is 0 Å². The summed E-state index contributed by atoms with van der Waals surface area (Å²) in [5.41, 5.74) is -1.76. The molecule has 3 N–H and O–H groups in total. The van der Waals surface area contributed by atoms with Crippen molar-refractivity contribution in [2.24, 2.45) is 0 Å². The fraction of sp³-hybridized carbons (Fsp3) is 0.381. The van der Waals surface area contributed by atoms with E-state index in [2.05, 4.69) is 15.5 Å². The van der Waals surface area contributed by atoms with Crippen LogP contribution in [0.4, 0.5) is 18.9 Å². The lowest BCUT2D eigenvalue weighted by Gasteiger charge is -2.49. The molecule has 0 aliphatic heterocycles. The third-order valence-corrected chi connectivity index (χ3v) is 5.73. The number of benzene rings is 2. The third kappa shape index (κ3) is 2.93. The molecule has 3 aromatic rings. The Balaban J connectivity index is 1.94. The first-order valence-electron chi connectivity index (χ1n) is 9.23. The smallest absolute Gasteiger partial charge is 0.419 e. The average Bonchev–Trinajstić information content (AvgIpc) is 3.12. The number of ether oxygens (including phenoxy) is 1. The lowest BCUT2D eigenvalue weighted by atomic mass is 9.63. The van der Waals surface area contributed by atoms with Gasteiger partial charge in [0.15, 0.2) is 5.60 Å². The van der Waals surface area contributed by atoms with Crippen molar-refractivity contribution in [3.63, 3.8) is 0 Å². The van der Waals surface area contributed by atoms with Gasteiger partial charge in [-0.15, -0.1) is 0 Å². The van der Waals surface area contributed by atoms with E-state index in [1.54, 1.807) is 56.4 Å². The molecule has 1 heterocycles. The van der Waals surface area contributed by atoms with Crippen LogP contribution in [-0.2, 0) is 5.41 Å².